The molecular formula is C15H27N5O2. The smallest absolute Gasteiger partial charge is 0.234 e. The van der Waals surface area contributed by atoms with Gasteiger partial charge >= 0.3 is 0 Å². The van der Waals surface area contributed by atoms with Gasteiger partial charge in [-0.25, -0.2) is 0 Å². The number of carbonyl (C=O) groups is 1. The second-order valence-corrected chi connectivity index (χ2v) is 5.87. The van der Waals surface area contributed by atoms with Gasteiger partial charge in [-0.3, -0.25) is 14.6 Å². The molecule has 1 N–H and O–H groups in total. The van der Waals surface area contributed by atoms with Crippen LogP contribution in [0.15, 0.2) is 4.42 Å². The lowest BCUT2D eigenvalue weighted by Crippen LogP contribution is -2.49. The zero-order valence-corrected chi connectivity index (χ0v) is 13.8. The number of hydrogen-bond acceptors (Lipinski definition) is 6. The Morgan fingerprint density at radius 3 is 2.41 bits per heavy atom. The molecule has 0 bridgehead atoms. The van der Waals surface area contributed by atoms with Gasteiger partial charge in [0, 0.05) is 38.6 Å². The van der Waals surface area contributed by atoms with Gasteiger partial charge in [-0.05, 0) is 13.3 Å². The predicted molar refractivity (Wildman–Crippen MR) is 83.3 cm³/mol. The van der Waals surface area contributed by atoms with E-state index in [-0.39, 0.29) is 11.9 Å². The minimum Gasteiger partial charge on any atom is -0.424 e. The number of nitrogens with one attached hydrogen (secondary N) is 1. The van der Waals surface area contributed by atoms with E-state index in [1.54, 1.807) is 0 Å². The summed E-state index contributed by atoms with van der Waals surface area (Å²) in [5.74, 6) is 1.49. The lowest BCUT2D eigenvalue weighted by molar-refractivity contribution is -0.123. The van der Waals surface area contributed by atoms with Crippen molar-refractivity contribution in [2.75, 3.05) is 32.7 Å². The van der Waals surface area contributed by atoms with Crippen LogP contribution in [-0.2, 0) is 17.8 Å². The van der Waals surface area contributed by atoms with Gasteiger partial charge in [-0.1, -0.05) is 13.8 Å². The standard InChI is InChI=1S/C15H27N5O2/c1-4-12(3)16-13(21)10-19-6-8-20(9-7-19)11-15-18-17-14(5-2)22-15/h12H,4-11H2,1-3H3,(H,16,21)/t12-/m0/s1. The molecule has 1 amide bonds. The van der Waals surface area contributed by atoms with Gasteiger partial charge < -0.3 is 9.73 Å². The summed E-state index contributed by atoms with van der Waals surface area (Å²) in [5, 5.41) is 11.0. The highest BCUT2D eigenvalue weighted by molar-refractivity contribution is 5.78. The second kappa shape index (κ2) is 8.24. The highest BCUT2D eigenvalue weighted by Crippen LogP contribution is 2.08. The number of nitrogens with zero attached hydrogens (tertiary/aromatic N) is 4. The van der Waals surface area contributed by atoms with Gasteiger partial charge in [0.25, 0.3) is 0 Å². The number of rotatable bonds is 7. The van der Waals surface area contributed by atoms with Crippen LogP contribution in [0.4, 0.5) is 0 Å². The Labute approximate surface area is 132 Å². The first-order chi connectivity index (χ1) is 10.6. The monoisotopic (exact) mass is 309 g/mol. The number of aryl methyl sites for hydroxylation is 1. The minimum absolute atomic E-state index is 0.118. The predicted octanol–water partition coefficient (Wildman–Crippen LogP) is 0.664. The third-order valence-electron chi connectivity index (χ3n) is 4.02. The third-order valence-corrected chi connectivity index (χ3v) is 4.02. The average molecular weight is 309 g/mol. The SMILES string of the molecule is CCc1nnc(CN2CCN(CC(=O)N[C@@H](C)CC)CC2)o1. The Balaban J connectivity index is 1.70. The quantitative estimate of drug-likeness (QED) is 0.798. The van der Waals surface area contributed by atoms with Gasteiger partial charge in [0.1, 0.15) is 0 Å². The van der Waals surface area contributed by atoms with Gasteiger partial charge in [0.05, 0.1) is 13.1 Å². The summed E-state index contributed by atoms with van der Waals surface area (Å²) in [5.41, 5.74) is 0. The molecule has 1 atom stereocenters. The molecule has 1 aliphatic heterocycles. The Kier molecular flexibility index (Phi) is 6.33. The Morgan fingerprint density at radius 2 is 1.82 bits per heavy atom. The van der Waals surface area contributed by atoms with Crippen molar-refractivity contribution >= 4 is 5.91 Å². The summed E-state index contributed by atoms with van der Waals surface area (Å²) < 4.78 is 5.54. The molecule has 7 nitrogen and oxygen atoms in total. The zero-order chi connectivity index (χ0) is 15.9. The molecule has 124 valence electrons. The van der Waals surface area contributed by atoms with Crippen LogP contribution in [0.2, 0.25) is 0 Å². The van der Waals surface area contributed by atoms with E-state index in [1.807, 2.05) is 13.8 Å². The number of hydrogen-bond donors (Lipinski definition) is 1. The fourth-order valence-corrected chi connectivity index (χ4v) is 2.42. The molecule has 1 saturated heterocycles. The van der Waals surface area contributed by atoms with E-state index in [4.69, 9.17) is 4.42 Å². The molecule has 0 saturated carbocycles. The fraction of sp³-hybridized carbons (Fsp3) is 0.800. The first-order valence-electron chi connectivity index (χ1n) is 8.16. The topological polar surface area (TPSA) is 74.5 Å². The number of carbonyl (C=O) groups excluding carboxylic acids is 1. The maximum atomic E-state index is 11.9. The number of amides is 1. The van der Waals surface area contributed by atoms with Gasteiger partial charge in [0.2, 0.25) is 17.7 Å². The van der Waals surface area contributed by atoms with Crippen LogP contribution in [0.3, 0.4) is 0 Å². The van der Waals surface area contributed by atoms with Crippen molar-refractivity contribution in [3.05, 3.63) is 11.8 Å². The van der Waals surface area contributed by atoms with E-state index in [1.165, 1.54) is 0 Å². The molecule has 1 aromatic rings. The highest BCUT2D eigenvalue weighted by Gasteiger charge is 2.20. The summed E-state index contributed by atoms with van der Waals surface area (Å²) in [7, 11) is 0. The van der Waals surface area contributed by atoms with Gasteiger partial charge in [0.15, 0.2) is 0 Å². The lowest BCUT2D eigenvalue weighted by atomic mass is 10.2. The molecule has 1 aromatic heterocycles. The molecule has 0 aliphatic carbocycles. The van der Waals surface area contributed by atoms with Gasteiger partial charge in [-0.15, -0.1) is 10.2 Å². The first kappa shape index (κ1) is 16.9. The van der Waals surface area contributed by atoms with E-state index in [9.17, 15) is 4.79 Å². The summed E-state index contributed by atoms with van der Waals surface area (Å²) >= 11 is 0. The van der Waals surface area contributed by atoms with Crippen LogP contribution in [0, 0.1) is 0 Å². The van der Waals surface area contributed by atoms with Crippen molar-refractivity contribution in [1.29, 1.82) is 0 Å². The van der Waals surface area contributed by atoms with Crippen molar-refractivity contribution < 1.29 is 9.21 Å². The summed E-state index contributed by atoms with van der Waals surface area (Å²) in [6, 6.07) is 0.249. The van der Waals surface area contributed by atoms with Crippen LogP contribution in [0.5, 0.6) is 0 Å². The molecule has 0 spiro atoms. The molecule has 0 aromatic carbocycles. The van der Waals surface area contributed by atoms with E-state index >= 15 is 0 Å². The van der Waals surface area contributed by atoms with Crippen molar-refractivity contribution in [2.24, 2.45) is 0 Å². The van der Waals surface area contributed by atoms with E-state index in [2.05, 4.69) is 32.2 Å². The molecule has 0 unspecified atom stereocenters. The molecule has 1 aliphatic rings. The summed E-state index contributed by atoms with van der Waals surface area (Å²) in [6.45, 7) is 10.9. The molecule has 2 rings (SSSR count). The largest absolute Gasteiger partial charge is 0.424 e. The molecule has 0 radical (unpaired) electrons. The minimum atomic E-state index is 0.118. The Bertz CT molecular complexity index is 468. The maximum absolute atomic E-state index is 11.9. The molecule has 22 heavy (non-hydrogen) atoms. The highest BCUT2D eigenvalue weighted by atomic mass is 16.4. The fourth-order valence-electron chi connectivity index (χ4n) is 2.42. The van der Waals surface area contributed by atoms with Crippen molar-refractivity contribution in [3.8, 4) is 0 Å². The van der Waals surface area contributed by atoms with Crippen LogP contribution in [-0.4, -0.2) is 64.7 Å². The third kappa shape index (κ3) is 5.06. The average Bonchev–Trinajstić information content (AvgIpc) is 2.96. The van der Waals surface area contributed by atoms with Crippen molar-refractivity contribution in [1.82, 2.24) is 25.3 Å². The Hall–Kier alpha value is -1.47. The van der Waals surface area contributed by atoms with Crippen LogP contribution >= 0.6 is 0 Å². The van der Waals surface area contributed by atoms with Crippen LogP contribution in [0.1, 0.15) is 39.0 Å². The van der Waals surface area contributed by atoms with E-state index in [0.29, 0.717) is 24.9 Å². The second-order valence-electron chi connectivity index (χ2n) is 5.87. The first-order valence-corrected chi connectivity index (χ1v) is 8.16. The van der Waals surface area contributed by atoms with Crippen molar-refractivity contribution in [3.63, 3.8) is 0 Å². The number of aromatic nitrogens is 2. The van der Waals surface area contributed by atoms with Crippen molar-refractivity contribution in [2.45, 2.75) is 46.2 Å². The van der Waals surface area contributed by atoms with E-state index in [0.717, 1.165) is 39.0 Å². The lowest BCUT2D eigenvalue weighted by Gasteiger charge is -2.33. The van der Waals surface area contributed by atoms with Gasteiger partial charge in [-0.2, -0.15) is 0 Å². The molecule has 1 fully saturated rings. The Morgan fingerprint density at radius 1 is 1.18 bits per heavy atom. The number of piperazine rings is 1. The molecule has 7 heteroatoms. The molecule has 2 heterocycles. The van der Waals surface area contributed by atoms with Crippen LogP contribution < -0.4 is 5.32 Å². The summed E-state index contributed by atoms with van der Waals surface area (Å²) in [6.07, 6.45) is 1.73. The molecular weight excluding hydrogens is 282 g/mol. The maximum Gasteiger partial charge on any atom is 0.234 e. The van der Waals surface area contributed by atoms with Crippen LogP contribution in [0.25, 0.3) is 0 Å². The normalized spacial score (nSPS) is 18.3. The summed E-state index contributed by atoms with van der Waals surface area (Å²) in [4.78, 5) is 16.4. The van der Waals surface area contributed by atoms with E-state index < -0.39 is 0 Å². The zero-order valence-electron chi connectivity index (χ0n) is 13.8.